The summed E-state index contributed by atoms with van der Waals surface area (Å²) in [6.07, 6.45) is 1.02. The summed E-state index contributed by atoms with van der Waals surface area (Å²) in [5.74, 6) is -2.02. The molecular formula is C14H27NO6S. The maximum atomic E-state index is 12.4. The van der Waals surface area contributed by atoms with Gasteiger partial charge in [-0.15, -0.1) is 0 Å². The van der Waals surface area contributed by atoms with Gasteiger partial charge in [-0.25, -0.2) is 18.0 Å². The van der Waals surface area contributed by atoms with Crippen molar-refractivity contribution in [1.82, 2.24) is 5.32 Å². The molecule has 1 atom stereocenters. The van der Waals surface area contributed by atoms with E-state index in [-0.39, 0.29) is 0 Å². The molecule has 8 heteroatoms. The van der Waals surface area contributed by atoms with Gasteiger partial charge in [0.25, 0.3) is 0 Å². The van der Waals surface area contributed by atoms with Crippen LogP contribution in [-0.4, -0.2) is 48.7 Å². The summed E-state index contributed by atoms with van der Waals surface area (Å²) in [4.78, 5) is 22.7. The van der Waals surface area contributed by atoms with Crippen molar-refractivity contribution in [3.63, 3.8) is 0 Å². The van der Waals surface area contributed by atoms with Crippen LogP contribution in [0.5, 0.6) is 0 Å². The summed E-state index contributed by atoms with van der Waals surface area (Å²) in [6.45, 7) is 6.99. The van der Waals surface area contributed by atoms with E-state index in [1.54, 1.807) is 13.8 Å². The summed E-state index contributed by atoms with van der Waals surface area (Å²) >= 11 is 0. The molecule has 0 unspecified atom stereocenters. The van der Waals surface area contributed by atoms with E-state index in [1.807, 2.05) is 13.8 Å². The average molecular weight is 337 g/mol. The first-order valence-electron chi connectivity index (χ1n) is 7.55. The van der Waals surface area contributed by atoms with E-state index < -0.39 is 45.0 Å². The number of ether oxygens (including phenoxy) is 1. The van der Waals surface area contributed by atoms with E-state index in [2.05, 4.69) is 5.32 Å². The molecule has 0 aromatic carbocycles. The van der Waals surface area contributed by atoms with Crippen LogP contribution < -0.4 is 5.32 Å². The maximum Gasteiger partial charge on any atom is 0.408 e. The third-order valence-corrected chi connectivity index (χ3v) is 5.35. The zero-order valence-corrected chi connectivity index (χ0v) is 14.5. The molecule has 7 nitrogen and oxygen atoms in total. The van der Waals surface area contributed by atoms with Gasteiger partial charge in [-0.3, -0.25) is 0 Å². The van der Waals surface area contributed by atoms with Crippen LogP contribution >= 0.6 is 0 Å². The fourth-order valence-electron chi connectivity index (χ4n) is 2.08. The molecule has 0 aliphatic rings. The second-order valence-corrected chi connectivity index (χ2v) is 7.84. The van der Waals surface area contributed by atoms with Gasteiger partial charge in [-0.1, -0.05) is 26.7 Å². The van der Waals surface area contributed by atoms with E-state index in [4.69, 9.17) is 9.84 Å². The van der Waals surface area contributed by atoms with Gasteiger partial charge in [0, 0.05) is 0 Å². The highest BCUT2D eigenvalue weighted by Crippen LogP contribution is 2.16. The zero-order valence-electron chi connectivity index (χ0n) is 13.7. The standard InChI is InChI=1S/C14H27NO6S/c1-5-7-11(8-6-2)22(19,20)9-12(13(16)17)15-14(18)21-10(3)4/h10-12H,5-9H2,1-4H3,(H,15,18)(H,16,17)/t12-/m1/s1. The first-order chi connectivity index (χ1) is 10.1. The lowest BCUT2D eigenvalue weighted by Gasteiger charge is -2.20. The van der Waals surface area contributed by atoms with Gasteiger partial charge in [-0.2, -0.15) is 0 Å². The average Bonchev–Trinajstić information content (AvgIpc) is 2.36. The van der Waals surface area contributed by atoms with Crippen molar-refractivity contribution in [1.29, 1.82) is 0 Å². The number of amides is 1. The highest BCUT2D eigenvalue weighted by atomic mass is 32.2. The zero-order chi connectivity index (χ0) is 17.3. The molecule has 0 saturated heterocycles. The second kappa shape index (κ2) is 9.66. The van der Waals surface area contributed by atoms with E-state index in [1.165, 1.54) is 0 Å². The first kappa shape index (κ1) is 20.7. The largest absolute Gasteiger partial charge is 0.480 e. The third-order valence-electron chi connectivity index (χ3n) is 3.06. The lowest BCUT2D eigenvalue weighted by Crippen LogP contribution is -2.47. The van der Waals surface area contributed by atoms with Crippen molar-refractivity contribution in [2.45, 2.75) is 70.8 Å². The number of hydrogen-bond acceptors (Lipinski definition) is 5. The normalized spacial score (nSPS) is 13.2. The fraction of sp³-hybridized carbons (Fsp3) is 0.857. The summed E-state index contributed by atoms with van der Waals surface area (Å²) in [7, 11) is -3.62. The maximum absolute atomic E-state index is 12.4. The Morgan fingerprint density at radius 2 is 1.64 bits per heavy atom. The molecule has 0 aromatic rings. The SMILES string of the molecule is CCCC(CCC)S(=O)(=O)C[C@@H](NC(=O)OC(C)C)C(=O)O. The quantitative estimate of drug-likeness (QED) is 0.630. The van der Waals surface area contributed by atoms with Crippen LogP contribution in [0.3, 0.4) is 0 Å². The third kappa shape index (κ3) is 7.63. The highest BCUT2D eigenvalue weighted by Gasteiger charge is 2.32. The van der Waals surface area contributed by atoms with Crippen LogP contribution in [0.25, 0.3) is 0 Å². The number of aliphatic carboxylic acids is 1. The number of alkyl carbamates (subject to hydrolysis) is 1. The minimum atomic E-state index is -3.62. The topological polar surface area (TPSA) is 110 Å². The van der Waals surface area contributed by atoms with Crippen molar-refractivity contribution >= 4 is 21.9 Å². The van der Waals surface area contributed by atoms with Gasteiger partial charge in [0.1, 0.15) is 6.04 Å². The Hall–Kier alpha value is -1.31. The minimum absolute atomic E-state index is 0.418. The van der Waals surface area contributed by atoms with E-state index >= 15 is 0 Å². The number of carboxylic acids is 1. The molecule has 0 rings (SSSR count). The molecule has 1 amide bonds. The fourth-order valence-corrected chi connectivity index (χ4v) is 4.23. The Morgan fingerprint density at radius 1 is 1.14 bits per heavy atom. The van der Waals surface area contributed by atoms with Gasteiger partial charge in [0.2, 0.25) is 0 Å². The Labute approximate surface area is 132 Å². The summed E-state index contributed by atoms with van der Waals surface area (Å²) in [5, 5.41) is 10.7. The molecule has 0 saturated carbocycles. The predicted octanol–water partition coefficient (Wildman–Crippen LogP) is 1.96. The minimum Gasteiger partial charge on any atom is -0.480 e. The molecule has 2 N–H and O–H groups in total. The summed E-state index contributed by atoms with van der Waals surface area (Å²) in [6, 6.07) is -1.51. The molecule has 0 radical (unpaired) electrons. The Kier molecular flexibility index (Phi) is 9.08. The number of rotatable bonds is 10. The Balaban J connectivity index is 4.98. The number of hydrogen-bond donors (Lipinski definition) is 2. The van der Waals surface area contributed by atoms with Crippen molar-refractivity contribution in [2.24, 2.45) is 0 Å². The van der Waals surface area contributed by atoms with Gasteiger partial charge in [0.05, 0.1) is 17.1 Å². The van der Waals surface area contributed by atoms with Crippen molar-refractivity contribution in [3.05, 3.63) is 0 Å². The second-order valence-electron chi connectivity index (χ2n) is 5.52. The molecule has 130 valence electrons. The molecular weight excluding hydrogens is 310 g/mol. The molecule has 0 bridgehead atoms. The summed E-state index contributed by atoms with van der Waals surface area (Å²) < 4.78 is 29.5. The number of carbonyl (C=O) groups excluding carboxylic acids is 1. The molecule has 0 aliphatic carbocycles. The van der Waals surface area contributed by atoms with Crippen molar-refractivity contribution in [2.75, 3.05) is 5.75 Å². The van der Waals surface area contributed by atoms with E-state index in [9.17, 15) is 18.0 Å². The van der Waals surface area contributed by atoms with Crippen molar-refractivity contribution < 1.29 is 27.9 Å². The molecule has 0 aromatic heterocycles. The molecule has 0 fully saturated rings. The van der Waals surface area contributed by atoms with Crippen LogP contribution in [0, 0.1) is 0 Å². The van der Waals surface area contributed by atoms with Gasteiger partial charge >= 0.3 is 12.1 Å². The number of carboxylic acid groups (broad SMARTS) is 1. The molecule has 0 aliphatic heterocycles. The molecule has 0 spiro atoms. The highest BCUT2D eigenvalue weighted by molar-refractivity contribution is 7.92. The molecule has 0 heterocycles. The van der Waals surface area contributed by atoms with E-state index in [0.717, 1.165) is 0 Å². The molecule has 22 heavy (non-hydrogen) atoms. The number of nitrogens with one attached hydrogen (secondary N) is 1. The van der Waals surface area contributed by atoms with Crippen LogP contribution in [0.2, 0.25) is 0 Å². The lowest BCUT2D eigenvalue weighted by molar-refractivity contribution is -0.138. The van der Waals surface area contributed by atoms with Gasteiger partial charge in [0.15, 0.2) is 9.84 Å². The van der Waals surface area contributed by atoms with Gasteiger partial charge in [-0.05, 0) is 26.7 Å². The van der Waals surface area contributed by atoms with Gasteiger partial charge < -0.3 is 15.2 Å². The monoisotopic (exact) mass is 337 g/mol. The van der Waals surface area contributed by atoms with Crippen LogP contribution in [0.1, 0.15) is 53.4 Å². The number of sulfone groups is 1. The predicted molar refractivity (Wildman–Crippen MR) is 83.6 cm³/mol. The van der Waals surface area contributed by atoms with E-state index in [0.29, 0.717) is 25.7 Å². The van der Waals surface area contributed by atoms with Crippen LogP contribution in [0.15, 0.2) is 0 Å². The smallest absolute Gasteiger partial charge is 0.408 e. The summed E-state index contributed by atoms with van der Waals surface area (Å²) in [5.41, 5.74) is 0. The Morgan fingerprint density at radius 3 is 2.00 bits per heavy atom. The van der Waals surface area contributed by atoms with Crippen molar-refractivity contribution in [3.8, 4) is 0 Å². The Bertz CT molecular complexity index is 454. The number of carbonyl (C=O) groups is 2. The van der Waals surface area contributed by atoms with Crippen LogP contribution in [0.4, 0.5) is 4.79 Å². The lowest BCUT2D eigenvalue weighted by atomic mass is 10.2. The van der Waals surface area contributed by atoms with Crippen LogP contribution in [-0.2, 0) is 19.4 Å². The first-order valence-corrected chi connectivity index (χ1v) is 9.27.